The predicted molar refractivity (Wildman–Crippen MR) is 213 cm³/mol. The third-order valence-electron chi connectivity index (χ3n) is 9.42. The van der Waals surface area contributed by atoms with Gasteiger partial charge in [-0.1, -0.05) is 73.7 Å². The lowest BCUT2D eigenvalue weighted by Gasteiger charge is -2.28. The first-order valence-electron chi connectivity index (χ1n) is 18.8. The van der Waals surface area contributed by atoms with Gasteiger partial charge in [0, 0.05) is 35.7 Å². The Morgan fingerprint density at radius 1 is 0.737 bits per heavy atom. The molecular weight excluding hydrogens is 731 g/mol. The van der Waals surface area contributed by atoms with Crippen LogP contribution in [-0.2, 0) is 41.9 Å². The van der Waals surface area contributed by atoms with Crippen LogP contribution in [0.25, 0.3) is 22.5 Å². The van der Waals surface area contributed by atoms with Crippen molar-refractivity contribution >= 4 is 46.8 Å². The van der Waals surface area contributed by atoms with Crippen LogP contribution in [0.1, 0.15) is 64.6 Å². The van der Waals surface area contributed by atoms with Crippen LogP contribution in [0.5, 0.6) is 0 Å². The summed E-state index contributed by atoms with van der Waals surface area (Å²) < 4.78 is 1.88. The van der Waals surface area contributed by atoms with Crippen molar-refractivity contribution in [3.63, 3.8) is 0 Å². The highest BCUT2D eigenvalue weighted by Gasteiger charge is 2.30. The Balaban J connectivity index is 1.09. The second-order valence-corrected chi connectivity index (χ2v) is 14.4. The van der Waals surface area contributed by atoms with Crippen LogP contribution in [-0.4, -0.2) is 80.7 Å². The van der Waals surface area contributed by atoms with E-state index < -0.39 is 54.7 Å². The monoisotopic (exact) mass is 779 g/mol. The molecule has 6 amide bonds. The van der Waals surface area contributed by atoms with Gasteiger partial charge in [-0.15, -0.1) is 5.10 Å². The van der Waals surface area contributed by atoms with Crippen molar-refractivity contribution in [1.82, 2.24) is 36.3 Å². The van der Waals surface area contributed by atoms with Gasteiger partial charge in [0.25, 0.3) is 0 Å². The molecule has 1 aromatic heterocycles. The molecule has 0 fully saturated rings. The number of hydrogen-bond donors (Lipinski definition) is 6. The largest absolute Gasteiger partial charge is 0.392 e. The van der Waals surface area contributed by atoms with Gasteiger partial charge in [0.15, 0.2) is 0 Å². The Bertz CT molecular complexity index is 2110. The van der Waals surface area contributed by atoms with E-state index in [2.05, 4.69) is 36.9 Å². The van der Waals surface area contributed by atoms with Crippen LogP contribution in [0.2, 0.25) is 0 Å². The normalized spacial score (nSPS) is 12.9. The zero-order chi connectivity index (χ0) is 41.2. The van der Waals surface area contributed by atoms with E-state index in [9.17, 15) is 33.9 Å². The molecule has 0 radical (unpaired) electrons. The first-order valence-corrected chi connectivity index (χ1v) is 18.8. The molecule has 1 aliphatic rings. The Morgan fingerprint density at radius 3 is 2.07 bits per heavy atom. The number of rotatable bonds is 15. The molecule has 3 aromatic carbocycles. The molecule has 0 saturated heterocycles. The first-order chi connectivity index (χ1) is 27.3. The van der Waals surface area contributed by atoms with Crippen LogP contribution < -0.4 is 31.5 Å². The smallest absolute Gasteiger partial charge is 0.246 e. The number of nitrogens with one attached hydrogen (secondary N) is 5. The minimum absolute atomic E-state index is 0.0494. The van der Waals surface area contributed by atoms with E-state index in [4.69, 9.17) is 0 Å². The maximum atomic E-state index is 13.8. The average Bonchev–Trinajstić information content (AvgIpc) is 3.64. The molecule has 300 valence electrons. The summed E-state index contributed by atoms with van der Waals surface area (Å²) in [5.41, 5.74) is 5.89. The number of aromatic nitrogens is 3. The van der Waals surface area contributed by atoms with Gasteiger partial charge in [-0.2, -0.15) is 0 Å². The van der Waals surface area contributed by atoms with Crippen LogP contribution in [0.3, 0.4) is 0 Å². The molecule has 57 heavy (non-hydrogen) atoms. The molecule has 6 N–H and O–H groups in total. The van der Waals surface area contributed by atoms with Crippen molar-refractivity contribution in [2.75, 3.05) is 23.3 Å². The third-order valence-corrected chi connectivity index (χ3v) is 9.42. The van der Waals surface area contributed by atoms with E-state index in [1.54, 1.807) is 43.0 Å². The van der Waals surface area contributed by atoms with Crippen LogP contribution >= 0.6 is 0 Å². The molecule has 0 aliphatic carbocycles. The predicted octanol–water partition coefficient (Wildman–Crippen LogP) is 2.83. The fourth-order valence-electron chi connectivity index (χ4n) is 6.30. The average molecular weight is 780 g/mol. The molecule has 16 heteroatoms. The molecule has 2 heterocycles. The molecule has 2 atom stereocenters. The number of aliphatic hydroxyl groups excluding tert-OH is 1. The quantitative estimate of drug-likeness (QED) is 0.104. The fraction of sp³-hybridized carbons (Fsp3) is 0.366. The number of anilines is 2. The number of carbonyl (C=O) groups excluding carboxylic acids is 6. The Morgan fingerprint density at radius 2 is 1.39 bits per heavy atom. The molecule has 0 saturated carbocycles. The number of para-hydroxylation sites is 1. The summed E-state index contributed by atoms with van der Waals surface area (Å²) in [4.78, 5) is 79.1. The SMILES string of the molecule is CC(C)[C@H](NC(=O)CNC(=O)CNC(=O)CCC(=O)N1Cc2ccccc2-c2c(nnn2C(C)C)-c2ccccc21)C(=O)N[C@@H](C)C(=O)Nc1ccc(CO)cc1. The molecule has 5 rings (SSSR count). The summed E-state index contributed by atoms with van der Waals surface area (Å²) in [5, 5.41) is 30.9. The van der Waals surface area contributed by atoms with Crippen molar-refractivity contribution in [2.45, 2.75) is 78.7 Å². The van der Waals surface area contributed by atoms with Gasteiger partial charge in [-0.25, -0.2) is 4.68 Å². The lowest BCUT2D eigenvalue weighted by Crippen LogP contribution is -2.55. The second kappa shape index (κ2) is 18.9. The van der Waals surface area contributed by atoms with Crippen molar-refractivity contribution < 1.29 is 33.9 Å². The lowest BCUT2D eigenvalue weighted by atomic mass is 9.95. The zero-order valence-corrected chi connectivity index (χ0v) is 32.7. The summed E-state index contributed by atoms with van der Waals surface area (Å²) in [6.45, 7) is 8.24. The van der Waals surface area contributed by atoms with Crippen LogP contribution in [0.4, 0.5) is 11.4 Å². The number of hydrogen-bond acceptors (Lipinski definition) is 9. The summed E-state index contributed by atoms with van der Waals surface area (Å²) in [6, 6.07) is 19.9. The van der Waals surface area contributed by atoms with Crippen molar-refractivity contribution in [3.05, 3.63) is 83.9 Å². The third kappa shape index (κ3) is 10.5. The minimum atomic E-state index is -1.00. The molecule has 4 aromatic rings. The van der Waals surface area contributed by atoms with E-state index in [-0.39, 0.29) is 43.9 Å². The number of carbonyl (C=O) groups is 6. The number of nitrogens with zero attached hydrogens (tertiary/aromatic N) is 4. The number of benzene rings is 3. The highest BCUT2D eigenvalue weighted by Crippen LogP contribution is 2.41. The van der Waals surface area contributed by atoms with Gasteiger partial charge in [0.05, 0.1) is 37.6 Å². The van der Waals surface area contributed by atoms with E-state index in [0.717, 1.165) is 22.4 Å². The Kier molecular flexibility index (Phi) is 13.9. The first kappa shape index (κ1) is 41.7. The maximum Gasteiger partial charge on any atom is 0.246 e. The molecule has 1 aliphatic heterocycles. The highest BCUT2D eigenvalue weighted by molar-refractivity contribution is 6.02. The van der Waals surface area contributed by atoms with Crippen molar-refractivity contribution in [2.24, 2.45) is 5.92 Å². The van der Waals surface area contributed by atoms with E-state index >= 15 is 0 Å². The van der Waals surface area contributed by atoms with Crippen molar-refractivity contribution in [1.29, 1.82) is 0 Å². The Labute approximate surface area is 330 Å². The molecule has 0 bridgehead atoms. The fourth-order valence-corrected chi connectivity index (χ4v) is 6.30. The Hall–Kier alpha value is -6.42. The van der Waals surface area contributed by atoms with Gasteiger partial charge < -0.3 is 36.6 Å². The molecule has 0 spiro atoms. The van der Waals surface area contributed by atoms with Crippen LogP contribution in [0, 0.1) is 5.92 Å². The minimum Gasteiger partial charge on any atom is -0.392 e. The van der Waals surface area contributed by atoms with Crippen molar-refractivity contribution in [3.8, 4) is 22.5 Å². The zero-order valence-electron chi connectivity index (χ0n) is 32.7. The van der Waals surface area contributed by atoms with E-state index in [0.29, 0.717) is 22.6 Å². The second-order valence-electron chi connectivity index (χ2n) is 14.4. The maximum absolute atomic E-state index is 13.8. The standard InChI is InChI=1S/C41H49N9O7/c1-24(2)37(41(57)44-26(5)40(56)45-29-16-14-27(23-51)15-17-29)46-35(54)21-43-34(53)20-42-33(52)18-19-36(55)49-22-28-10-6-7-11-30(28)39-38(47-48-50(39)25(3)4)31-12-8-9-13-32(31)49/h6-17,24-26,37,51H,18-23H2,1-5H3,(H,42,52)(H,43,53)(H,44,57)(H,45,56)(H,46,54)/t26-,37-/m0/s1. The van der Waals surface area contributed by atoms with Gasteiger partial charge in [0.1, 0.15) is 17.8 Å². The number of amides is 6. The molecule has 16 nitrogen and oxygen atoms in total. The summed E-state index contributed by atoms with van der Waals surface area (Å²) >= 11 is 0. The topological polar surface area (TPSA) is 217 Å². The van der Waals surface area contributed by atoms with E-state index in [1.807, 2.05) is 67.1 Å². The molecular formula is C41H49N9O7. The summed E-state index contributed by atoms with van der Waals surface area (Å²) in [6.07, 6.45) is -0.312. The highest BCUT2D eigenvalue weighted by atomic mass is 16.3. The lowest BCUT2D eigenvalue weighted by molar-refractivity contribution is -0.132. The van der Waals surface area contributed by atoms with Crippen LogP contribution in [0.15, 0.2) is 72.8 Å². The number of aliphatic hydroxyl groups is 1. The van der Waals surface area contributed by atoms with Gasteiger partial charge in [-0.3, -0.25) is 28.8 Å². The number of fused-ring (bicyclic) bond motifs is 5. The van der Waals surface area contributed by atoms with Gasteiger partial charge >= 0.3 is 0 Å². The summed E-state index contributed by atoms with van der Waals surface area (Å²) in [7, 11) is 0. The van der Waals surface area contributed by atoms with E-state index in [1.165, 1.54) is 6.92 Å². The van der Waals surface area contributed by atoms with Gasteiger partial charge in [-0.05, 0) is 56.0 Å². The summed E-state index contributed by atoms with van der Waals surface area (Å²) in [5.74, 6) is -3.53. The van der Waals surface area contributed by atoms with Gasteiger partial charge in [0.2, 0.25) is 35.4 Å². The molecule has 0 unspecified atom stereocenters.